The number of β-amino-alcohol motifs (C(OH)–C–C–N with tert-alkyl or cyclic N) is 1. The molecule has 1 N–H and O–H groups in total. The van der Waals surface area contributed by atoms with E-state index in [-0.39, 0.29) is 0 Å². The van der Waals surface area contributed by atoms with Crippen LogP contribution in [0.15, 0.2) is 36.7 Å². The minimum atomic E-state index is -0.484. The normalized spacial score (nSPS) is 19.3. The number of imidazole rings is 1. The molecule has 0 bridgehead atoms. The summed E-state index contributed by atoms with van der Waals surface area (Å²) in [6.07, 6.45) is 5.13. The van der Waals surface area contributed by atoms with Crippen LogP contribution in [0.25, 0.3) is 0 Å². The first-order valence-electron chi connectivity index (χ1n) is 8.42. The molecule has 1 aliphatic carbocycles. The van der Waals surface area contributed by atoms with E-state index in [4.69, 9.17) is 4.74 Å². The zero-order chi connectivity index (χ0) is 15.6. The second-order valence-electron chi connectivity index (χ2n) is 6.54. The summed E-state index contributed by atoms with van der Waals surface area (Å²) in [6, 6.07) is 10.3. The quantitative estimate of drug-likeness (QED) is 0.886. The van der Waals surface area contributed by atoms with E-state index in [1.54, 1.807) is 0 Å². The molecule has 0 amide bonds. The average Bonchev–Trinajstić information content (AvgIpc) is 3.34. The van der Waals surface area contributed by atoms with Crippen LogP contribution in [-0.4, -0.2) is 45.4 Å². The van der Waals surface area contributed by atoms with E-state index in [1.165, 1.54) is 24.2 Å². The molecule has 122 valence electrons. The van der Waals surface area contributed by atoms with Crippen molar-refractivity contribution in [2.45, 2.75) is 38.0 Å². The predicted octanol–water partition coefficient (Wildman–Crippen LogP) is 2.02. The van der Waals surface area contributed by atoms with Crippen molar-refractivity contribution in [2.24, 2.45) is 0 Å². The summed E-state index contributed by atoms with van der Waals surface area (Å²) in [5, 5.41) is 10.2. The number of benzene rings is 1. The number of hydrogen-bond acceptors (Lipinski definition) is 4. The van der Waals surface area contributed by atoms with Crippen molar-refractivity contribution in [2.75, 3.05) is 19.7 Å². The van der Waals surface area contributed by atoms with Crippen LogP contribution in [0, 0.1) is 0 Å². The number of nitrogens with zero attached hydrogens (tertiary/aromatic N) is 3. The molecule has 2 aromatic rings. The van der Waals surface area contributed by atoms with E-state index in [9.17, 15) is 5.11 Å². The summed E-state index contributed by atoms with van der Waals surface area (Å²) >= 11 is 0. The Morgan fingerprint density at radius 1 is 1.26 bits per heavy atom. The second-order valence-corrected chi connectivity index (χ2v) is 6.54. The van der Waals surface area contributed by atoms with Crippen LogP contribution >= 0.6 is 0 Å². The van der Waals surface area contributed by atoms with Gasteiger partial charge in [-0.2, -0.15) is 0 Å². The van der Waals surface area contributed by atoms with Crippen LogP contribution in [0.3, 0.4) is 0 Å². The number of fused-ring (bicyclic) bond motifs is 1. The fourth-order valence-electron chi connectivity index (χ4n) is 3.27. The molecule has 5 nitrogen and oxygen atoms in total. The highest BCUT2D eigenvalue weighted by molar-refractivity contribution is 5.21. The number of rotatable bonds is 6. The average molecular weight is 313 g/mol. The Morgan fingerprint density at radius 2 is 2.09 bits per heavy atom. The van der Waals surface area contributed by atoms with Gasteiger partial charge in [0, 0.05) is 37.8 Å². The molecule has 5 heteroatoms. The number of aliphatic hydroxyl groups excluding tert-OH is 1. The van der Waals surface area contributed by atoms with Crippen molar-refractivity contribution in [1.82, 2.24) is 14.5 Å². The summed E-state index contributed by atoms with van der Waals surface area (Å²) in [6.45, 7) is 2.76. The van der Waals surface area contributed by atoms with Crippen LogP contribution in [0.4, 0.5) is 0 Å². The molecular formula is C18H23N3O2. The van der Waals surface area contributed by atoms with E-state index in [0.717, 1.165) is 25.3 Å². The van der Waals surface area contributed by atoms with Crippen molar-refractivity contribution >= 4 is 0 Å². The third kappa shape index (κ3) is 3.41. The molecule has 4 rings (SSSR count). The highest BCUT2D eigenvalue weighted by Crippen LogP contribution is 2.37. The van der Waals surface area contributed by atoms with E-state index in [0.29, 0.717) is 19.2 Å². The molecule has 1 saturated carbocycles. The van der Waals surface area contributed by atoms with Crippen LogP contribution in [0.2, 0.25) is 0 Å². The molecule has 0 radical (unpaired) electrons. The Balaban J connectivity index is 1.29. The highest BCUT2D eigenvalue weighted by atomic mass is 16.5. The van der Waals surface area contributed by atoms with Gasteiger partial charge in [-0.25, -0.2) is 4.98 Å². The first-order valence-corrected chi connectivity index (χ1v) is 8.42. The van der Waals surface area contributed by atoms with Crippen molar-refractivity contribution in [3.8, 4) is 5.75 Å². The Hall–Kier alpha value is -1.85. The predicted molar refractivity (Wildman–Crippen MR) is 87.4 cm³/mol. The van der Waals surface area contributed by atoms with Crippen molar-refractivity contribution in [3.63, 3.8) is 0 Å². The minimum absolute atomic E-state index is 0.323. The van der Waals surface area contributed by atoms with E-state index in [1.807, 2.05) is 36.7 Å². The van der Waals surface area contributed by atoms with Gasteiger partial charge < -0.3 is 14.4 Å². The fraction of sp³-hybridized carbons (Fsp3) is 0.500. The zero-order valence-electron chi connectivity index (χ0n) is 13.3. The number of para-hydroxylation sites is 1. The largest absolute Gasteiger partial charge is 0.491 e. The molecule has 2 heterocycles. The Kier molecular flexibility index (Phi) is 4.06. The Bertz CT molecular complexity index is 652. The van der Waals surface area contributed by atoms with Gasteiger partial charge >= 0.3 is 0 Å². The lowest BCUT2D eigenvalue weighted by Gasteiger charge is -2.28. The lowest BCUT2D eigenvalue weighted by Crippen LogP contribution is -2.39. The molecule has 23 heavy (non-hydrogen) atoms. The molecule has 1 aromatic heterocycles. The van der Waals surface area contributed by atoms with E-state index in [2.05, 4.69) is 14.5 Å². The topological polar surface area (TPSA) is 50.5 Å². The number of aromatic nitrogens is 2. The standard InChI is InChI=1S/C18H23N3O2/c22-15(12-23-16-4-2-1-3-5-16)10-20-9-8-18-17(11-20)19-13-21(18)14-6-7-14/h1-5,13-15,22H,6-12H2/t15-/m1/s1. The van der Waals surface area contributed by atoms with Gasteiger partial charge in [0.15, 0.2) is 0 Å². The van der Waals surface area contributed by atoms with Crippen LogP contribution in [-0.2, 0) is 13.0 Å². The van der Waals surface area contributed by atoms with Crippen molar-refractivity contribution in [1.29, 1.82) is 0 Å². The van der Waals surface area contributed by atoms with Gasteiger partial charge in [0.1, 0.15) is 18.5 Å². The van der Waals surface area contributed by atoms with Gasteiger partial charge in [-0.1, -0.05) is 18.2 Å². The SMILES string of the molecule is O[C@@H](COc1ccccc1)CN1CCc2c(ncn2C2CC2)C1. The number of ether oxygens (including phenoxy) is 1. The van der Waals surface area contributed by atoms with Crippen LogP contribution in [0.1, 0.15) is 30.3 Å². The highest BCUT2D eigenvalue weighted by Gasteiger charge is 2.29. The molecule has 0 unspecified atom stereocenters. The first kappa shape index (κ1) is 14.7. The third-order valence-corrected chi connectivity index (χ3v) is 4.62. The van der Waals surface area contributed by atoms with Gasteiger partial charge in [-0.3, -0.25) is 4.90 Å². The summed E-state index contributed by atoms with van der Waals surface area (Å²) in [7, 11) is 0. The van der Waals surface area contributed by atoms with Gasteiger partial charge in [0.05, 0.1) is 12.0 Å². The molecule has 0 spiro atoms. The lowest BCUT2D eigenvalue weighted by molar-refractivity contribution is 0.0630. The van der Waals surface area contributed by atoms with Gasteiger partial charge in [0.25, 0.3) is 0 Å². The summed E-state index contributed by atoms with van der Waals surface area (Å²) in [5.41, 5.74) is 2.58. The molecule has 2 aliphatic rings. The molecule has 1 aliphatic heterocycles. The monoisotopic (exact) mass is 313 g/mol. The fourth-order valence-corrected chi connectivity index (χ4v) is 3.27. The summed E-state index contributed by atoms with van der Waals surface area (Å²) in [4.78, 5) is 6.85. The smallest absolute Gasteiger partial charge is 0.119 e. The third-order valence-electron chi connectivity index (χ3n) is 4.62. The lowest BCUT2D eigenvalue weighted by atomic mass is 10.1. The number of hydrogen-bond donors (Lipinski definition) is 1. The zero-order valence-corrected chi connectivity index (χ0v) is 13.3. The number of aliphatic hydroxyl groups is 1. The maximum absolute atomic E-state index is 10.2. The van der Waals surface area contributed by atoms with Gasteiger partial charge in [-0.15, -0.1) is 0 Å². The Labute approximate surface area is 136 Å². The molecular weight excluding hydrogens is 290 g/mol. The van der Waals surface area contributed by atoms with Gasteiger partial charge in [-0.05, 0) is 25.0 Å². The summed E-state index contributed by atoms with van der Waals surface area (Å²) < 4.78 is 7.99. The first-order chi connectivity index (χ1) is 11.3. The van der Waals surface area contributed by atoms with Crippen molar-refractivity contribution in [3.05, 3.63) is 48.0 Å². The van der Waals surface area contributed by atoms with E-state index >= 15 is 0 Å². The minimum Gasteiger partial charge on any atom is -0.491 e. The maximum Gasteiger partial charge on any atom is 0.119 e. The molecule has 1 atom stereocenters. The summed E-state index contributed by atoms with van der Waals surface area (Å²) in [5.74, 6) is 0.802. The molecule has 0 saturated heterocycles. The van der Waals surface area contributed by atoms with Crippen LogP contribution < -0.4 is 4.74 Å². The van der Waals surface area contributed by atoms with Crippen molar-refractivity contribution < 1.29 is 9.84 Å². The van der Waals surface area contributed by atoms with Gasteiger partial charge in [0.2, 0.25) is 0 Å². The Morgan fingerprint density at radius 3 is 2.87 bits per heavy atom. The second kappa shape index (κ2) is 6.34. The maximum atomic E-state index is 10.2. The molecule has 1 aromatic carbocycles. The molecule has 1 fully saturated rings. The van der Waals surface area contributed by atoms with Crippen LogP contribution in [0.5, 0.6) is 5.75 Å². The van der Waals surface area contributed by atoms with E-state index < -0.39 is 6.10 Å².